The van der Waals surface area contributed by atoms with Gasteiger partial charge in [-0.05, 0) is 28.4 Å². The third kappa shape index (κ3) is 2.04. The summed E-state index contributed by atoms with van der Waals surface area (Å²) in [5, 5.41) is 6.61. The molecule has 0 bridgehead atoms. The zero-order valence-corrected chi connectivity index (χ0v) is 12.1. The molecule has 2 saturated heterocycles. The zero-order chi connectivity index (χ0) is 13.6. The predicted molar refractivity (Wildman–Crippen MR) is 71.9 cm³/mol. The Bertz CT molecular complexity index is 587. The fourth-order valence-corrected chi connectivity index (χ4v) is 3.53. The molecule has 0 aromatic carbocycles. The molecule has 1 spiro atoms. The van der Waals surface area contributed by atoms with Gasteiger partial charge < -0.3 is 10.2 Å². The molecule has 8 heteroatoms. The van der Waals surface area contributed by atoms with Crippen molar-refractivity contribution in [2.24, 2.45) is 0 Å². The van der Waals surface area contributed by atoms with Gasteiger partial charge in [-0.1, -0.05) is 0 Å². The van der Waals surface area contributed by atoms with Crippen molar-refractivity contribution in [2.45, 2.75) is 12.0 Å². The molecule has 19 heavy (non-hydrogen) atoms. The van der Waals surface area contributed by atoms with Crippen molar-refractivity contribution in [3.05, 3.63) is 20.8 Å². The maximum atomic E-state index is 12.3. The smallest absolute Gasteiger partial charge is 0.322 e. The van der Waals surface area contributed by atoms with Crippen LogP contribution in [0.1, 0.15) is 16.8 Å². The summed E-state index contributed by atoms with van der Waals surface area (Å²) in [6.45, 7) is 0.677. The quantitative estimate of drug-likeness (QED) is 0.744. The number of likely N-dealkylation sites (tertiary alicyclic amines) is 1. The number of carbonyl (C=O) groups is 3. The Hall–Kier alpha value is -1.41. The molecule has 1 aromatic rings. The molecule has 1 atom stereocenters. The molecule has 2 N–H and O–H groups in total. The van der Waals surface area contributed by atoms with Crippen molar-refractivity contribution >= 4 is 45.1 Å². The van der Waals surface area contributed by atoms with Crippen LogP contribution >= 0.6 is 27.3 Å². The maximum absolute atomic E-state index is 12.3. The lowest BCUT2D eigenvalue weighted by molar-refractivity contribution is -0.123. The second-order valence-electron chi connectivity index (χ2n) is 4.61. The van der Waals surface area contributed by atoms with Crippen LogP contribution in [0.4, 0.5) is 4.79 Å². The minimum atomic E-state index is -0.944. The topological polar surface area (TPSA) is 78.5 Å². The second kappa shape index (κ2) is 4.31. The van der Waals surface area contributed by atoms with Crippen LogP contribution < -0.4 is 10.6 Å². The van der Waals surface area contributed by atoms with Gasteiger partial charge in [0.05, 0.1) is 15.9 Å². The third-order valence-electron chi connectivity index (χ3n) is 3.39. The number of urea groups is 1. The predicted octanol–water partition coefficient (Wildman–Crippen LogP) is 0.935. The van der Waals surface area contributed by atoms with Crippen LogP contribution in [0.25, 0.3) is 0 Å². The zero-order valence-electron chi connectivity index (χ0n) is 9.73. The number of nitrogens with zero attached hydrogens (tertiary/aromatic N) is 1. The van der Waals surface area contributed by atoms with Crippen molar-refractivity contribution in [2.75, 3.05) is 13.1 Å². The third-order valence-corrected chi connectivity index (χ3v) is 4.89. The number of hydrogen-bond donors (Lipinski definition) is 2. The van der Waals surface area contributed by atoms with E-state index in [9.17, 15) is 14.4 Å². The average Bonchev–Trinajstić information content (AvgIpc) is 3.01. The fourth-order valence-electron chi connectivity index (χ4n) is 2.40. The van der Waals surface area contributed by atoms with Gasteiger partial charge in [-0.15, -0.1) is 11.3 Å². The minimum absolute atomic E-state index is 0.118. The molecule has 2 fully saturated rings. The number of carbonyl (C=O) groups excluding carboxylic acids is 3. The second-order valence-corrected chi connectivity index (χ2v) is 6.90. The van der Waals surface area contributed by atoms with Crippen molar-refractivity contribution < 1.29 is 14.4 Å². The number of hydrogen-bond acceptors (Lipinski definition) is 4. The standard InChI is InChI=1S/C11H10BrN3O3S/c12-7-3-6(4-19-7)8(16)15-2-1-11(5-15)9(17)13-10(18)14-11/h3-4H,1-2,5H2,(H2,13,14,17,18). The molecule has 6 nitrogen and oxygen atoms in total. The highest BCUT2D eigenvalue weighted by Gasteiger charge is 2.51. The number of nitrogens with one attached hydrogen (secondary N) is 2. The lowest BCUT2D eigenvalue weighted by atomic mass is 9.99. The maximum Gasteiger partial charge on any atom is 0.322 e. The molecular weight excluding hydrogens is 334 g/mol. The van der Waals surface area contributed by atoms with Crippen LogP contribution in [-0.4, -0.2) is 41.4 Å². The summed E-state index contributed by atoms with van der Waals surface area (Å²) >= 11 is 4.75. The molecular formula is C11H10BrN3O3S. The summed E-state index contributed by atoms with van der Waals surface area (Å²) in [6.07, 6.45) is 0.446. The van der Waals surface area contributed by atoms with Crippen molar-refractivity contribution in [3.63, 3.8) is 0 Å². The summed E-state index contributed by atoms with van der Waals surface area (Å²) in [5.74, 6) is -0.466. The van der Waals surface area contributed by atoms with Crippen LogP contribution in [0.5, 0.6) is 0 Å². The van der Waals surface area contributed by atoms with Gasteiger partial charge in [0.2, 0.25) is 0 Å². The summed E-state index contributed by atoms with van der Waals surface area (Å²) in [7, 11) is 0. The Labute approximate surface area is 121 Å². The summed E-state index contributed by atoms with van der Waals surface area (Å²) in [5.41, 5.74) is -0.348. The first-order valence-corrected chi connectivity index (χ1v) is 7.34. The number of amides is 4. The molecule has 3 heterocycles. The van der Waals surface area contributed by atoms with Crippen LogP contribution in [0.15, 0.2) is 15.2 Å². The average molecular weight is 344 g/mol. The van der Waals surface area contributed by atoms with E-state index in [4.69, 9.17) is 0 Å². The van der Waals surface area contributed by atoms with E-state index in [-0.39, 0.29) is 18.4 Å². The monoisotopic (exact) mass is 343 g/mol. The number of thiophene rings is 1. The van der Waals surface area contributed by atoms with Gasteiger partial charge in [0.25, 0.3) is 11.8 Å². The van der Waals surface area contributed by atoms with Crippen LogP contribution in [0, 0.1) is 0 Å². The highest BCUT2D eigenvalue weighted by Crippen LogP contribution is 2.28. The largest absolute Gasteiger partial charge is 0.336 e. The molecule has 4 amide bonds. The molecule has 0 saturated carbocycles. The molecule has 100 valence electrons. The van der Waals surface area contributed by atoms with E-state index < -0.39 is 11.6 Å². The lowest BCUT2D eigenvalue weighted by Gasteiger charge is -2.20. The highest BCUT2D eigenvalue weighted by molar-refractivity contribution is 9.11. The van der Waals surface area contributed by atoms with E-state index in [1.165, 1.54) is 11.3 Å². The highest BCUT2D eigenvalue weighted by atomic mass is 79.9. The first-order valence-electron chi connectivity index (χ1n) is 5.67. The van der Waals surface area contributed by atoms with Crippen LogP contribution in [0.2, 0.25) is 0 Å². The van der Waals surface area contributed by atoms with Gasteiger partial charge in [0.15, 0.2) is 0 Å². The molecule has 2 aliphatic rings. The van der Waals surface area contributed by atoms with Crippen molar-refractivity contribution in [1.29, 1.82) is 0 Å². The van der Waals surface area contributed by atoms with Gasteiger partial charge in [0, 0.05) is 11.9 Å². The molecule has 2 aliphatic heterocycles. The van der Waals surface area contributed by atoms with Gasteiger partial charge in [-0.2, -0.15) is 0 Å². The van der Waals surface area contributed by atoms with Gasteiger partial charge in [-0.25, -0.2) is 4.79 Å². The number of imide groups is 1. The van der Waals surface area contributed by atoms with Gasteiger partial charge >= 0.3 is 6.03 Å². The van der Waals surface area contributed by atoms with E-state index in [0.29, 0.717) is 18.5 Å². The lowest BCUT2D eigenvalue weighted by Crippen LogP contribution is -2.49. The molecule has 1 aromatic heterocycles. The van der Waals surface area contributed by atoms with E-state index in [0.717, 1.165) is 3.79 Å². The molecule has 3 rings (SSSR count). The molecule has 1 unspecified atom stereocenters. The van der Waals surface area contributed by atoms with Crippen LogP contribution in [0.3, 0.4) is 0 Å². The Morgan fingerprint density at radius 3 is 2.84 bits per heavy atom. The number of rotatable bonds is 1. The van der Waals surface area contributed by atoms with E-state index >= 15 is 0 Å². The minimum Gasteiger partial charge on any atom is -0.336 e. The fraction of sp³-hybridized carbons (Fsp3) is 0.364. The van der Waals surface area contributed by atoms with Crippen molar-refractivity contribution in [3.8, 4) is 0 Å². The van der Waals surface area contributed by atoms with Crippen molar-refractivity contribution in [1.82, 2.24) is 15.5 Å². The molecule has 0 radical (unpaired) electrons. The van der Waals surface area contributed by atoms with E-state index in [1.54, 1.807) is 16.3 Å². The van der Waals surface area contributed by atoms with Gasteiger partial charge in [0.1, 0.15) is 5.54 Å². The Morgan fingerprint density at radius 1 is 1.47 bits per heavy atom. The van der Waals surface area contributed by atoms with E-state index in [1.807, 2.05) is 0 Å². The summed E-state index contributed by atoms with van der Waals surface area (Å²) < 4.78 is 0.886. The molecule has 0 aliphatic carbocycles. The SMILES string of the molecule is O=C1NC(=O)C2(CCN(C(=O)c3csc(Br)c3)C2)N1. The Kier molecular flexibility index (Phi) is 2.86. The summed E-state index contributed by atoms with van der Waals surface area (Å²) in [6, 6.07) is 1.27. The first-order chi connectivity index (χ1) is 9.00. The first kappa shape index (κ1) is 12.6. The normalized spacial score (nSPS) is 25.8. The number of halogens is 1. The van der Waals surface area contributed by atoms with E-state index in [2.05, 4.69) is 26.6 Å². The summed E-state index contributed by atoms with van der Waals surface area (Å²) in [4.78, 5) is 36.8. The van der Waals surface area contributed by atoms with Crippen LogP contribution in [-0.2, 0) is 4.79 Å². The Morgan fingerprint density at radius 2 is 2.26 bits per heavy atom. The Balaban J connectivity index is 1.78. The van der Waals surface area contributed by atoms with Gasteiger partial charge in [-0.3, -0.25) is 14.9 Å².